The Balaban J connectivity index is 2.23. The van der Waals surface area contributed by atoms with Gasteiger partial charge in [-0.2, -0.15) is 8.42 Å². The highest BCUT2D eigenvalue weighted by molar-refractivity contribution is 7.85. The third kappa shape index (κ3) is 3.24. The molecule has 96 valence electrons. The van der Waals surface area contributed by atoms with Crippen molar-refractivity contribution in [1.29, 1.82) is 0 Å². The maximum Gasteiger partial charge on any atom is 0.264 e. The lowest BCUT2D eigenvalue weighted by atomic mass is 10.1. The van der Waals surface area contributed by atoms with E-state index < -0.39 is 10.1 Å². The molecule has 18 heavy (non-hydrogen) atoms. The Hall–Kier alpha value is -1.53. The van der Waals surface area contributed by atoms with Crippen LogP contribution < -0.4 is 0 Å². The minimum absolute atomic E-state index is 0.131. The molecule has 0 amide bonds. The molecule has 0 aliphatic heterocycles. The van der Waals surface area contributed by atoms with Crippen LogP contribution in [0.2, 0.25) is 0 Å². The van der Waals surface area contributed by atoms with E-state index in [9.17, 15) is 8.42 Å². The SMILES string of the molecule is Cc1ncc2c(CCOS(C)(=O)=O)cccc2n1. The fourth-order valence-corrected chi connectivity index (χ4v) is 2.11. The van der Waals surface area contributed by atoms with Crippen molar-refractivity contribution in [3.8, 4) is 0 Å². The molecular formula is C12H14N2O3S. The number of aromatic nitrogens is 2. The lowest BCUT2D eigenvalue weighted by Gasteiger charge is -2.06. The van der Waals surface area contributed by atoms with Gasteiger partial charge in [0.15, 0.2) is 0 Å². The molecule has 0 radical (unpaired) electrons. The lowest BCUT2D eigenvalue weighted by molar-refractivity contribution is 0.326. The summed E-state index contributed by atoms with van der Waals surface area (Å²) in [6.45, 7) is 1.96. The molecule has 0 aliphatic rings. The molecule has 0 unspecified atom stereocenters. The Morgan fingerprint density at radius 2 is 2.11 bits per heavy atom. The normalized spacial score (nSPS) is 11.9. The van der Waals surface area contributed by atoms with Gasteiger partial charge in [-0.05, 0) is 25.0 Å². The molecule has 6 heteroatoms. The van der Waals surface area contributed by atoms with Crippen LogP contribution in [-0.2, 0) is 20.7 Å². The molecule has 0 aliphatic carbocycles. The smallest absolute Gasteiger partial charge is 0.264 e. The summed E-state index contributed by atoms with van der Waals surface area (Å²) < 4.78 is 26.5. The van der Waals surface area contributed by atoms with Gasteiger partial charge in [0.2, 0.25) is 0 Å². The van der Waals surface area contributed by atoms with E-state index in [1.165, 1.54) is 0 Å². The molecule has 2 rings (SSSR count). The van der Waals surface area contributed by atoms with Gasteiger partial charge >= 0.3 is 0 Å². The van der Waals surface area contributed by atoms with Gasteiger partial charge in [-0.15, -0.1) is 0 Å². The Kier molecular flexibility index (Phi) is 3.58. The second-order valence-electron chi connectivity index (χ2n) is 4.04. The first kappa shape index (κ1) is 12.9. The first-order valence-electron chi connectivity index (χ1n) is 5.51. The van der Waals surface area contributed by atoms with Gasteiger partial charge in [-0.1, -0.05) is 12.1 Å². The lowest BCUT2D eigenvalue weighted by Crippen LogP contribution is -2.06. The first-order valence-corrected chi connectivity index (χ1v) is 7.33. The number of fused-ring (bicyclic) bond motifs is 1. The predicted molar refractivity (Wildman–Crippen MR) is 68.8 cm³/mol. The van der Waals surface area contributed by atoms with Crippen LogP contribution in [0.4, 0.5) is 0 Å². The summed E-state index contributed by atoms with van der Waals surface area (Å²) in [6.07, 6.45) is 3.31. The summed E-state index contributed by atoms with van der Waals surface area (Å²) in [6, 6.07) is 5.72. The number of rotatable bonds is 4. The Morgan fingerprint density at radius 3 is 2.83 bits per heavy atom. The van der Waals surface area contributed by atoms with Crippen LogP contribution in [0.3, 0.4) is 0 Å². The topological polar surface area (TPSA) is 69.2 Å². The molecule has 1 aromatic heterocycles. The Labute approximate surface area is 106 Å². The number of aryl methyl sites for hydroxylation is 1. The molecule has 5 nitrogen and oxygen atoms in total. The van der Waals surface area contributed by atoms with E-state index in [0.29, 0.717) is 12.2 Å². The molecule has 1 aromatic carbocycles. The molecule has 0 atom stereocenters. The third-order valence-corrected chi connectivity index (χ3v) is 3.10. The van der Waals surface area contributed by atoms with Crippen molar-refractivity contribution in [2.75, 3.05) is 12.9 Å². The molecule has 0 fully saturated rings. The zero-order valence-electron chi connectivity index (χ0n) is 10.3. The third-order valence-electron chi connectivity index (χ3n) is 2.50. The highest BCUT2D eigenvalue weighted by atomic mass is 32.2. The molecule has 2 aromatic rings. The maximum atomic E-state index is 10.9. The van der Waals surface area contributed by atoms with Gasteiger partial charge in [0, 0.05) is 11.6 Å². The quantitative estimate of drug-likeness (QED) is 0.783. The monoisotopic (exact) mass is 266 g/mol. The Bertz CT molecular complexity index is 668. The summed E-state index contributed by atoms with van der Waals surface area (Å²) in [5.41, 5.74) is 1.84. The molecule has 0 N–H and O–H groups in total. The van der Waals surface area contributed by atoms with Gasteiger partial charge in [0.25, 0.3) is 10.1 Å². The van der Waals surface area contributed by atoms with E-state index in [0.717, 1.165) is 22.7 Å². The van der Waals surface area contributed by atoms with Crippen molar-refractivity contribution in [2.45, 2.75) is 13.3 Å². The fraction of sp³-hybridized carbons (Fsp3) is 0.333. The van der Waals surface area contributed by atoms with Crippen LogP contribution in [0.1, 0.15) is 11.4 Å². The summed E-state index contributed by atoms with van der Waals surface area (Å²) in [7, 11) is -3.39. The predicted octanol–water partition coefficient (Wildman–Crippen LogP) is 1.46. The van der Waals surface area contributed by atoms with E-state index in [4.69, 9.17) is 4.18 Å². The fourth-order valence-electron chi connectivity index (χ4n) is 1.73. The zero-order valence-corrected chi connectivity index (χ0v) is 11.1. The van der Waals surface area contributed by atoms with Gasteiger partial charge in [0.05, 0.1) is 18.4 Å². The van der Waals surface area contributed by atoms with Crippen molar-refractivity contribution < 1.29 is 12.6 Å². The number of hydrogen-bond acceptors (Lipinski definition) is 5. The van der Waals surface area contributed by atoms with Crippen molar-refractivity contribution >= 4 is 21.0 Å². The van der Waals surface area contributed by atoms with E-state index in [2.05, 4.69) is 9.97 Å². The van der Waals surface area contributed by atoms with Crippen molar-refractivity contribution in [3.63, 3.8) is 0 Å². The van der Waals surface area contributed by atoms with Crippen LogP contribution in [-0.4, -0.2) is 31.2 Å². The minimum Gasteiger partial charge on any atom is -0.270 e. The van der Waals surface area contributed by atoms with E-state index in [-0.39, 0.29) is 6.61 Å². The second-order valence-corrected chi connectivity index (χ2v) is 5.69. The first-order chi connectivity index (χ1) is 8.46. The molecular weight excluding hydrogens is 252 g/mol. The van der Waals surface area contributed by atoms with Crippen molar-refractivity contribution in [1.82, 2.24) is 9.97 Å². The second kappa shape index (κ2) is 4.99. The van der Waals surface area contributed by atoms with E-state index in [1.54, 1.807) is 6.20 Å². The van der Waals surface area contributed by atoms with E-state index in [1.807, 2.05) is 25.1 Å². The van der Waals surface area contributed by atoms with Gasteiger partial charge in [-0.3, -0.25) is 4.18 Å². The highest BCUT2D eigenvalue weighted by Gasteiger charge is 2.05. The van der Waals surface area contributed by atoms with E-state index >= 15 is 0 Å². The highest BCUT2D eigenvalue weighted by Crippen LogP contribution is 2.16. The van der Waals surface area contributed by atoms with Crippen LogP contribution in [0.25, 0.3) is 10.9 Å². The summed E-state index contributed by atoms with van der Waals surface area (Å²) in [5.74, 6) is 0.715. The molecule has 0 saturated carbocycles. The average molecular weight is 266 g/mol. The standard InChI is InChI=1S/C12H14N2O3S/c1-9-13-8-11-10(4-3-5-12(11)14-9)6-7-17-18(2,15)16/h3-5,8H,6-7H2,1-2H3. The Morgan fingerprint density at radius 1 is 1.33 bits per heavy atom. The van der Waals surface area contributed by atoms with Gasteiger partial charge < -0.3 is 0 Å². The minimum atomic E-state index is -3.39. The number of hydrogen-bond donors (Lipinski definition) is 0. The number of benzene rings is 1. The van der Waals surface area contributed by atoms with Crippen molar-refractivity contribution in [3.05, 3.63) is 35.8 Å². The van der Waals surface area contributed by atoms with Crippen molar-refractivity contribution in [2.24, 2.45) is 0 Å². The summed E-state index contributed by atoms with van der Waals surface area (Å²) in [5, 5.41) is 0.931. The van der Waals surface area contributed by atoms with Gasteiger partial charge in [0.1, 0.15) is 5.82 Å². The molecule has 0 saturated heterocycles. The largest absolute Gasteiger partial charge is 0.270 e. The van der Waals surface area contributed by atoms with Crippen LogP contribution in [0.5, 0.6) is 0 Å². The van der Waals surface area contributed by atoms with Crippen LogP contribution in [0.15, 0.2) is 24.4 Å². The molecule has 0 spiro atoms. The zero-order chi connectivity index (χ0) is 13.2. The van der Waals surface area contributed by atoms with Crippen LogP contribution >= 0.6 is 0 Å². The van der Waals surface area contributed by atoms with Crippen LogP contribution in [0, 0.1) is 6.92 Å². The maximum absolute atomic E-state index is 10.9. The summed E-state index contributed by atoms with van der Waals surface area (Å²) >= 11 is 0. The average Bonchev–Trinajstić information content (AvgIpc) is 2.27. The summed E-state index contributed by atoms with van der Waals surface area (Å²) in [4.78, 5) is 8.48. The van der Waals surface area contributed by atoms with Gasteiger partial charge in [-0.25, -0.2) is 9.97 Å². The number of nitrogens with zero attached hydrogens (tertiary/aromatic N) is 2. The molecule has 0 bridgehead atoms. The molecule has 1 heterocycles.